The van der Waals surface area contributed by atoms with Crippen LogP contribution in [0.5, 0.6) is 0 Å². The van der Waals surface area contributed by atoms with E-state index in [9.17, 15) is 4.79 Å². The fraction of sp³-hybridized carbons (Fsp3) is 0.217. The minimum Gasteiger partial charge on any atom is -0.361 e. The van der Waals surface area contributed by atoms with Gasteiger partial charge < -0.3 is 15.6 Å². The number of rotatable bonds is 8. The Morgan fingerprint density at radius 2 is 1.93 bits per heavy atom. The monoisotopic (exact) mass is 404 g/mol. The molecule has 0 radical (unpaired) electrons. The third-order valence-electron chi connectivity index (χ3n) is 4.89. The third kappa shape index (κ3) is 4.91. The van der Waals surface area contributed by atoms with Crippen molar-refractivity contribution < 1.29 is 4.79 Å². The van der Waals surface area contributed by atoms with E-state index in [4.69, 9.17) is 0 Å². The van der Waals surface area contributed by atoms with Gasteiger partial charge in [0.05, 0.1) is 6.42 Å². The number of hydrogen-bond acceptors (Lipinski definition) is 4. The van der Waals surface area contributed by atoms with E-state index in [1.54, 1.807) is 17.5 Å². The number of amides is 1. The van der Waals surface area contributed by atoms with Gasteiger partial charge in [-0.05, 0) is 29.7 Å². The Morgan fingerprint density at radius 3 is 2.72 bits per heavy atom. The summed E-state index contributed by atoms with van der Waals surface area (Å²) >= 11 is 1.63. The number of nitrogens with zero attached hydrogens (tertiary/aromatic N) is 1. The Kier molecular flexibility index (Phi) is 6.03. The predicted molar refractivity (Wildman–Crippen MR) is 119 cm³/mol. The number of hydrogen-bond donors (Lipinski definition) is 3. The molecular weight excluding hydrogens is 380 g/mol. The first-order chi connectivity index (χ1) is 14.2. The molecule has 0 aliphatic rings. The number of carbonyl (C=O) groups is 1. The number of nitrogens with one attached hydrogen (secondary N) is 3. The lowest BCUT2D eigenvalue weighted by atomic mass is 10.0. The highest BCUT2D eigenvalue weighted by molar-refractivity contribution is 7.09. The fourth-order valence-electron chi connectivity index (χ4n) is 3.32. The van der Waals surface area contributed by atoms with Crippen molar-refractivity contribution in [2.24, 2.45) is 0 Å². The van der Waals surface area contributed by atoms with Crippen molar-refractivity contribution in [3.8, 4) is 11.1 Å². The van der Waals surface area contributed by atoms with E-state index in [0.717, 1.165) is 34.6 Å². The van der Waals surface area contributed by atoms with Gasteiger partial charge in [0.2, 0.25) is 5.91 Å². The molecule has 0 fully saturated rings. The van der Waals surface area contributed by atoms with Crippen LogP contribution in [0.15, 0.2) is 60.2 Å². The van der Waals surface area contributed by atoms with Crippen molar-refractivity contribution in [1.82, 2.24) is 20.6 Å². The van der Waals surface area contributed by atoms with E-state index in [0.29, 0.717) is 13.0 Å². The van der Waals surface area contributed by atoms with E-state index in [1.165, 1.54) is 16.7 Å². The summed E-state index contributed by atoms with van der Waals surface area (Å²) in [6.07, 6.45) is 4.11. The van der Waals surface area contributed by atoms with E-state index in [-0.39, 0.29) is 5.91 Å². The molecule has 4 rings (SSSR count). The number of carbonyl (C=O) groups excluding carboxylic acids is 1. The van der Waals surface area contributed by atoms with Crippen LogP contribution in [0.3, 0.4) is 0 Å². The minimum absolute atomic E-state index is 0.0320. The summed E-state index contributed by atoms with van der Waals surface area (Å²) in [5, 5.41) is 10.4. The van der Waals surface area contributed by atoms with Crippen molar-refractivity contribution in [3.05, 3.63) is 76.4 Å². The number of benzene rings is 2. The van der Waals surface area contributed by atoms with Crippen LogP contribution in [0.1, 0.15) is 16.1 Å². The topological polar surface area (TPSA) is 69.8 Å². The quantitative estimate of drug-likeness (QED) is 0.388. The van der Waals surface area contributed by atoms with Crippen LogP contribution >= 0.6 is 11.3 Å². The molecule has 2 aromatic heterocycles. The molecule has 29 heavy (non-hydrogen) atoms. The Bertz CT molecular complexity index is 1080. The van der Waals surface area contributed by atoms with E-state index >= 15 is 0 Å². The number of aromatic nitrogens is 2. The van der Waals surface area contributed by atoms with Crippen molar-refractivity contribution in [1.29, 1.82) is 0 Å². The maximum Gasteiger partial charge on any atom is 0.224 e. The van der Waals surface area contributed by atoms with Gasteiger partial charge in [-0.25, -0.2) is 4.98 Å². The molecule has 3 N–H and O–H groups in total. The largest absolute Gasteiger partial charge is 0.361 e. The molecule has 0 saturated carbocycles. The minimum atomic E-state index is 0.0320. The second-order valence-corrected chi connectivity index (χ2v) is 8.05. The normalized spacial score (nSPS) is 11.1. The summed E-state index contributed by atoms with van der Waals surface area (Å²) in [4.78, 5) is 19.8. The predicted octanol–water partition coefficient (Wildman–Crippen LogP) is 4.05. The van der Waals surface area contributed by atoms with Gasteiger partial charge in [-0.1, -0.05) is 42.0 Å². The van der Waals surface area contributed by atoms with Crippen LogP contribution in [-0.4, -0.2) is 29.0 Å². The number of thiazole rings is 1. The Labute approximate surface area is 174 Å². The molecule has 0 saturated heterocycles. The van der Waals surface area contributed by atoms with Crippen molar-refractivity contribution in [2.45, 2.75) is 19.9 Å². The Morgan fingerprint density at radius 1 is 1.10 bits per heavy atom. The molecular formula is C23H24N4OS. The second-order valence-electron chi connectivity index (χ2n) is 7.07. The molecule has 148 valence electrons. The van der Waals surface area contributed by atoms with E-state index < -0.39 is 0 Å². The number of aromatic amines is 1. The van der Waals surface area contributed by atoms with Gasteiger partial charge >= 0.3 is 0 Å². The molecule has 5 nitrogen and oxygen atoms in total. The first-order valence-electron chi connectivity index (χ1n) is 9.72. The first kappa shape index (κ1) is 19.4. The molecule has 0 unspecified atom stereocenters. The van der Waals surface area contributed by atoms with Gasteiger partial charge in [0.15, 0.2) is 0 Å². The van der Waals surface area contributed by atoms with Crippen LogP contribution in [0, 0.1) is 6.92 Å². The van der Waals surface area contributed by atoms with Crippen LogP contribution in [0.25, 0.3) is 22.0 Å². The molecule has 0 aliphatic carbocycles. The zero-order valence-corrected chi connectivity index (χ0v) is 17.2. The summed E-state index contributed by atoms with van der Waals surface area (Å²) in [6.45, 7) is 4.15. The van der Waals surface area contributed by atoms with Gasteiger partial charge in [-0.15, -0.1) is 11.3 Å². The Hall–Kier alpha value is -2.96. The highest BCUT2D eigenvalue weighted by Gasteiger charge is 2.10. The van der Waals surface area contributed by atoms with Crippen LogP contribution < -0.4 is 10.6 Å². The molecule has 2 heterocycles. The third-order valence-corrected chi connectivity index (χ3v) is 5.67. The lowest BCUT2D eigenvalue weighted by molar-refractivity contribution is -0.120. The standard InChI is InChI=1S/C23H24N4OS/c1-16-2-4-17(5-3-16)18-6-7-20-19(14-27-21(20)12-18)13-22(28)25-9-8-24-15-23-26-10-11-29-23/h2-7,10-12,14,24,27H,8-9,13,15H2,1H3,(H,25,28). The fourth-order valence-corrected chi connectivity index (χ4v) is 3.91. The van der Waals surface area contributed by atoms with Crippen molar-refractivity contribution in [3.63, 3.8) is 0 Å². The van der Waals surface area contributed by atoms with E-state index in [2.05, 4.69) is 70.0 Å². The lowest BCUT2D eigenvalue weighted by Crippen LogP contribution is -2.32. The average molecular weight is 405 g/mol. The van der Waals surface area contributed by atoms with Crippen molar-refractivity contribution in [2.75, 3.05) is 13.1 Å². The molecule has 0 atom stereocenters. The highest BCUT2D eigenvalue weighted by atomic mass is 32.1. The smallest absolute Gasteiger partial charge is 0.224 e. The average Bonchev–Trinajstić information content (AvgIpc) is 3.38. The highest BCUT2D eigenvalue weighted by Crippen LogP contribution is 2.26. The first-order valence-corrected chi connectivity index (χ1v) is 10.6. The summed E-state index contributed by atoms with van der Waals surface area (Å²) in [6, 6.07) is 14.9. The second kappa shape index (κ2) is 9.03. The molecule has 0 spiro atoms. The molecule has 4 aromatic rings. The molecule has 0 aliphatic heterocycles. The van der Waals surface area contributed by atoms with Gasteiger partial charge in [0.1, 0.15) is 5.01 Å². The van der Waals surface area contributed by atoms with E-state index in [1.807, 2.05) is 11.6 Å². The number of fused-ring (bicyclic) bond motifs is 1. The summed E-state index contributed by atoms with van der Waals surface area (Å²) in [7, 11) is 0. The van der Waals surface area contributed by atoms with Gasteiger partial charge in [-0.3, -0.25) is 4.79 Å². The summed E-state index contributed by atoms with van der Waals surface area (Å²) in [5.74, 6) is 0.0320. The van der Waals surface area contributed by atoms with Gasteiger partial charge in [0.25, 0.3) is 0 Å². The summed E-state index contributed by atoms with van der Waals surface area (Å²) < 4.78 is 0. The lowest BCUT2D eigenvalue weighted by Gasteiger charge is -2.06. The van der Waals surface area contributed by atoms with Crippen LogP contribution in [0.2, 0.25) is 0 Å². The summed E-state index contributed by atoms with van der Waals surface area (Å²) in [5.41, 5.74) is 5.68. The zero-order valence-electron chi connectivity index (χ0n) is 16.4. The molecule has 6 heteroatoms. The SMILES string of the molecule is Cc1ccc(-c2ccc3c(CC(=O)NCCNCc4nccs4)c[nH]c3c2)cc1. The van der Waals surface area contributed by atoms with Gasteiger partial charge in [0, 0.05) is 48.3 Å². The molecule has 0 bridgehead atoms. The van der Waals surface area contributed by atoms with Gasteiger partial charge in [-0.2, -0.15) is 0 Å². The number of H-pyrrole nitrogens is 1. The van der Waals surface area contributed by atoms with Crippen LogP contribution in [0.4, 0.5) is 0 Å². The maximum atomic E-state index is 12.3. The maximum absolute atomic E-state index is 12.3. The zero-order chi connectivity index (χ0) is 20.1. The Balaban J connectivity index is 1.32. The number of aryl methyl sites for hydroxylation is 1. The van der Waals surface area contributed by atoms with Crippen LogP contribution in [-0.2, 0) is 17.8 Å². The molecule has 2 aromatic carbocycles. The van der Waals surface area contributed by atoms with Crippen molar-refractivity contribution >= 4 is 28.1 Å². The molecule has 1 amide bonds.